The minimum Gasteiger partial charge on any atom is -0.443 e. The monoisotopic (exact) mass is 385 g/mol. The third kappa shape index (κ3) is 4.11. The Morgan fingerprint density at radius 2 is 1.96 bits per heavy atom. The maximum atomic E-state index is 12.9. The number of anilines is 2. The number of fused-ring (bicyclic) bond motifs is 1. The quantitative estimate of drug-likeness (QED) is 0.730. The molecule has 0 radical (unpaired) electrons. The van der Waals surface area contributed by atoms with Gasteiger partial charge in [0.1, 0.15) is 0 Å². The zero-order chi connectivity index (χ0) is 18.9. The molecule has 0 saturated heterocycles. The number of amides is 2. The summed E-state index contributed by atoms with van der Waals surface area (Å²) in [6.07, 6.45) is -2.75. The number of urea groups is 1. The van der Waals surface area contributed by atoms with Crippen molar-refractivity contribution in [3.8, 4) is 0 Å². The lowest BCUT2D eigenvalue weighted by molar-refractivity contribution is -0.137. The third-order valence-corrected chi connectivity index (χ3v) is 4.59. The van der Waals surface area contributed by atoms with Crippen LogP contribution < -0.4 is 10.6 Å². The molecule has 2 amide bonds. The molecule has 1 atom stereocenters. The molecule has 0 heterocycles. The van der Waals surface area contributed by atoms with Crippen molar-refractivity contribution in [1.29, 1.82) is 0 Å². The van der Waals surface area contributed by atoms with E-state index in [0.29, 0.717) is 12.1 Å². The number of alkyl halides is 3. The Kier molecular flexibility index (Phi) is 5.11. The van der Waals surface area contributed by atoms with E-state index in [9.17, 15) is 18.0 Å². The molecule has 0 aromatic heterocycles. The molecular formula is C18H17ClF3N2O2+. The smallest absolute Gasteiger partial charge is 0.417 e. The van der Waals surface area contributed by atoms with Gasteiger partial charge in [-0.15, -0.1) is 0 Å². The van der Waals surface area contributed by atoms with Crippen LogP contribution in [0.2, 0.25) is 5.02 Å². The molecule has 0 fully saturated rings. The first kappa shape index (κ1) is 18.5. The second kappa shape index (κ2) is 7.17. The number of halogens is 4. The highest BCUT2D eigenvalue weighted by atomic mass is 35.5. The van der Waals surface area contributed by atoms with Gasteiger partial charge in [-0.25, -0.2) is 4.79 Å². The van der Waals surface area contributed by atoms with Gasteiger partial charge in [-0.1, -0.05) is 23.7 Å². The molecule has 1 aliphatic carbocycles. The van der Waals surface area contributed by atoms with E-state index in [1.54, 1.807) is 6.07 Å². The van der Waals surface area contributed by atoms with Crippen molar-refractivity contribution < 1.29 is 23.1 Å². The Balaban J connectivity index is 1.77. The van der Waals surface area contributed by atoms with E-state index in [0.717, 1.165) is 36.1 Å². The van der Waals surface area contributed by atoms with E-state index in [-0.39, 0.29) is 11.8 Å². The number of aryl methyl sites for hydroxylation is 1. The molecule has 4 N–H and O–H groups in total. The molecule has 0 aliphatic heterocycles. The van der Waals surface area contributed by atoms with Crippen LogP contribution in [0.4, 0.5) is 29.3 Å². The van der Waals surface area contributed by atoms with Crippen LogP contribution in [0.5, 0.6) is 0 Å². The van der Waals surface area contributed by atoms with Crippen LogP contribution >= 0.6 is 11.6 Å². The van der Waals surface area contributed by atoms with Gasteiger partial charge in [-0.3, -0.25) is 0 Å². The minimum atomic E-state index is -4.60. The number of hydrogen-bond acceptors (Lipinski definition) is 1. The third-order valence-electron chi connectivity index (χ3n) is 4.26. The van der Waals surface area contributed by atoms with Crippen LogP contribution in [0.3, 0.4) is 0 Å². The first-order valence-corrected chi connectivity index (χ1v) is 8.38. The summed E-state index contributed by atoms with van der Waals surface area (Å²) in [7, 11) is 0. The first-order chi connectivity index (χ1) is 12.2. The Morgan fingerprint density at radius 1 is 1.19 bits per heavy atom. The molecule has 2 aromatic rings. The van der Waals surface area contributed by atoms with Gasteiger partial charge < -0.3 is 15.7 Å². The highest BCUT2D eigenvalue weighted by Crippen LogP contribution is 2.36. The Labute approximate surface area is 153 Å². The molecule has 0 unspecified atom stereocenters. The summed E-state index contributed by atoms with van der Waals surface area (Å²) in [4.78, 5) is 12.2. The van der Waals surface area contributed by atoms with E-state index in [4.69, 9.17) is 16.7 Å². The molecule has 2 aromatic carbocycles. The lowest BCUT2D eigenvalue weighted by Crippen LogP contribution is -2.24. The molecule has 138 valence electrons. The van der Waals surface area contributed by atoms with Gasteiger partial charge in [-0.2, -0.15) is 13.2 Å². The predicted octanol–water partition coefficient (Wildman–Crippen LogP) is 4.58. The Hall–Kier alpha value is -2.25. The van der Waals surface area contributed by atoms with Crippen LogP contribution in [-0.2, 0) is 19.0 Å². The van der Waals surface area contributed by atoms with Gasteiger partial charge in [0.25, 0.3) is 0 Å². The molecule has 0 bridgehead atoms. The zero-order valence-electron chi connectivity index (χ0n) is 13.6. The molecule has 0 saturated carbocycles. The number of carbonyl (C=O) groups is 1. The van der Waals surface area contributed by atoms with Crippen molar-refractivity contribution >= 4 is 29.0 Å². The highest BCUT2D eigenvalue weighted by Gasteiger charge is 2.33. The van der Waals surface area contributed by atoms with E-state index >= 15 is 0 Å². The van der Waals surface area contributed by atoms with Crippen molar-refractivity contribution in [2.45, 2.75) is 31.5 Å². The molecule has 3 rings (SSSR count). The number of nitrogens with one attached hydrogen (secondary N) is 2. The molecule has 1 aliphatic rings. The lowest BCUT2D eigenvalue weighted by atomic mass is 9.88. The summed E-state index contributed by atoms with van der Waals surface area (Å²) in [5.41, 5.74) is 1.54. The van der Waals surface area contributed by atoms with Gasteiger partial charge in [0.2, 0.25) is 0 Å². The highest BCUT2D eigenvalue weighted by molar-refractivity contribution is 6.31. The van der Waals surface area contributed by atoms with Crippen molar-refractivity contribution in [1.82, 2.24) is 0 Å². The van der Waals surface area contributed by atoms with Crippen LogP contribution in [0.25, 0.3) is 0 Å². The van der Waals surface area contributed by atoms with Gasteiger partial charge >= 0.3 is 12.2 Å². The SMILES string of the molecule is O=C(Nc1ccc(Cl)c(C(F)(F)F)c1)Nc1cccc2c1C[C@H]([OH2+])CC2. The first-order valence-electron chi connectivity index (χ1n) is 8.00. The number of hydrogen-bond donors (Lipinski definition) is 2. The topological polar surface area (TPSA) is 64.0 Å². The second-order valence-corrected chi connectivity index (χ2v) is 6.56. The Morgan fingerprint density at radius 3 is 2.69 bits per heavy atom. The van der Waals surface area contributed by atoms with E-state index in [2.05, 4.69) is 10.6 Å². The van der Waals surface area contributed by atoms with Gasteiger partial charge in [0.05, 0.1) is 10.6 Å². The minimum absolute atomic E-state index is 0.0117. The van der Waals surface area contributed by atoms with Crippen LogP contribution in [-0.4, -0.2) is 17.2 Å². The van der Waals surface area contributed by atoms with E-state index in [1.807, 2.05) is 12.1 Å². The number of benzene rings is 2. The molecular weight excluding hydrogens is 369 g/mol. The fourth-order valence-electron chi connectivity index (χ4n) is 3.01. The standard InChI is InChI=1S/C18H16ClF3N2O2/c19-15-7-5-11(8-14(15)18(20,21)22)23-17(26)24-16-3-1-2-10-4-6-12(25)9-13(10)16/h1-3,5,7-8,12,25H,4,6,9H2,(H2,23,24,26)/p+1/t12-/m1/s1. The van der Waals surface area contributed by atoms with Crippen molar-refractivity contribution in [2.75, 3.05) is 10.6 Å². The summed E-state index contributed by atoms with van der Waals surface area (Å²) >= 11 is 5.57. The largest absolute Gasteiger partial charge is 0.443 e. The average Bonchev–Trinajstić information content (AvgIpc) is 2.56. The van der Waals surface area contributed by atoms with Crippen molar-refractivity contribution in [3.63, 3.8) is 0 Å². The zero-order valence-corrected chi connectivity index (χ0v) is 14.3. The molecule has 0 spiro atoms. The average molecular weight is 386 g/mol. The molecule has 8 heteroatoms. The molecule has 26 heavy (non-hydrogen) atoms. The lowest BCUT2D eigenvalue weighted by Gasteiger charge is -2.21. The fourth-order valence-corrected chi connectivity index (χ4v) is 3.23. The molecule has 4 nitrogen and oxygen atoms in total. The van der Waals surface area contributed by atoms with Crippen molar-refractivity contribution in [2.24, 2.45) is 0 Å². The maximum Gasteiger partial charge on any atom is 0.417 e. The maximum absolute atomic E-state index is 12.9. The predicted molar refractivity (Wildman–Crippen MR) is 95.0 cm³/mol. The summed E-state index contributed by atoms with van der Waals surface area (Å²) < 4.78 is 38.7. The van der Waals surface area contributed by atoms with Gasteiger partial charge in [-0.05, 0) is 41.8 Å². The van der Waals surface area contributed by atoms with Crippen LogP contribution in [0.15, 0.2) is 36.4 Å². The summed E-state index contributed by atoms with van der Waals surface area (Å²) in [6, 6.07) is 8.02. The number of rotatable bonds is 2. The number of carbonyl (C=O) groups excluding carboxylic acids is 1. The van der Waals surface area contributed by atoms with Crippen molar-refractivity contribution in [3.05, 3.63) is 58.1 Å². The normalized spacial score (nSPS) is 16.7. The van der Waals surface area contributed by atoms with E-state index in [1.165, 1.54) is 6.07 Å². The van der Waals surface area contributed by atoms with Crippen LogP contribution in [0.1, 0.15) is 23.1 Å². The summed E-state index contributed by atoms with van der Waals surface area (Å²) in [5.74, 6) is 0. The summed E-state index contributed by atoms with van der Waals surface area (Å²) in [6.45, 7) is 0. The van der Waals surface area contributed by atoms with E-state index < -0.39 is 22.8 Å². The second-order valence-electron chi connectivity index (χ2n) is 6.15. The van der Waals surface area contributed by atoms with Gasteiger partial charge in [0, 0.05) is 24.2 Å². The van der Waals surface area contributed by atoms with Gasteiger partial charge in [0.15, 0.2) is 6.10 Å². The van der Waals surface area contributed by atoms with Crippen LogP contribution in [0, 0.1) is 0 Å². The fraction of sp³-hybridized carbons (Fsp3) is 0.278. The Bertz CT molecular complexity index is 840. The summed E-state index contributed by atoms with van der Waals surface area (Å²) in [5, 5.41) is 12.5.